The summed E-state index contributed by atoms with van der Waals surface area (Å²) in [4.78, 5) is 1.92. The molecule has 0 spiro atoms. The molecule has 1 heterocycles. The van der Waals surface area contributed by atoms with Crippen molar-refractivity contribution in [1.29, 1.82) is 0 Å². The molecule has 1 aromatic heterocycles. The van der Waals surface area contributed by atoms with E-state index in [0.717, 1.165) is 18.1 Å². The maximum atomic E-state index is 13.8. The second-order valence-electron chi connectivity index (χ2n) is 4.96. The molecule has 0 fully saturated rings. The molecule has 0 amide bonds. The van der Waals surface area contributed by atoms with Gasteiger partial charge in [-0.1, -0.05) is 35.9 Å². The first kappa shape index (κ1) is 17.3. The zero-order valence-corrected chi connectivity index (χ0v) is 14.9. The molecular formula is C14H18ClFN4S2. The van der Waals surface area contributed by atoms with E-state index >= 15 is 0 Å². The Bertz CT molecular complexity index is 665. The van der Waals surface area contributed by atoms with Crippen LogP contribution in [0, 0.1) is 9.77 Å². The van der Waals surface area contributed by atoms with E-state index in [9.17, 15) is 4.39 Å². The zero-order chi connectivity index (χ0) is 16.1. The van der Waals surface area contributed by atoms with Crippen LogP contribution in [0.25, 0.3) is 0 Å². The molecule has 2 aromatic rings. The predicted molar refractivity (Wildman–Crippen MR) is 92.6 cm³/mol. The highest BCUT2D eigenvalue weighted by atomic mass is 35.5. The number of rotatable bonds is 7. The summed E-state index contributed by atoms with van der Waals surface area (Å²) in [6.45, 7) is 3.83. The van der Waals surface area contributed by atoms with Gasteiger partial charge in [-0.3, -0.25) is 4.90 Å². The molecule has 22 heavy (non-hydrogen) atoms. The minimum Gasteiger partial charge on any atom is -0.360 e. The molecule has 0 saturated carbocycles. The van der Waals surface area contributed by atoms with Gasteiger partial charge in [-0.25, -0.2) is 9.07 Å². The molecule has 0 radical (unpaired) electrons. The molecule has 0 saturated heterocycles. The molecular weight excluding hydrogens is 343 g/mol. The van der Waals surface area contributed by atoms with E-state index in [1.54, 1.807) is 16.8 Å². The van der Waals surface area contributed by atoms with Gasteiger partial charge in [0.1, 0.15) is 5.82 Å². The molecule has 1 aromatic carbocycles. The van der Waals surface area contributed by atoms with Gasteiger partial charge in [-0.2, -0.15) is 0 Å². The van der Waals surface area contributed by atoms with Crippen molar-refractivity contribution in [1.82, 2.24) is 14.7 Å². The summed E-state index contributed by atoms with van der Waals surface area (Å²) < 4.78 is 16.2. The SMILES string of the molecule is CCCNc1nn(CN(C)Cc2c(F)cccc2Cl)c(=S)s1. The molecule has 0 aliphatic carbocycles. The summed E-state index contributed by atoms with van der Waals surface area (Å²) in [5, 5.41) is 8.88. The standard InChI is InChI=1S/C14H18ClFN4S2/c1-3-7-17-13-18-20(14(21)22-13)9-19(2)8-10-11(15)5-4-6-12(10)16/h4-6H,3,7-9H2,1-2H3,(H,17,18). The first-order chi connectivity index (χ1) is 10.5. The van der Waals surface area contributed by atoms with Gasteiger partial charge < -0.3 is 5.32 Å². The average Bonchev–Trinajstić information content (AvgIpc) is 2.81. The highest BCUT2D eigenvalue weighted by Gasteiger charge is 2.11. The lowest BCUT2D eigenvalue weighted by atomic mass is 10.2. The van der Waals surface area contributed by atoms with Gasteiger partial charge in [0.2, 0.25) is 5.13 Å². The molecule has 8 heteroatoms. The van der Waals surface area contributed by atoms with E-state index in [1.165, 1.54) is 17.4 Å². The van der Waals surface area contributed by atoms with Crippen LogP contribution in [0.5, 0.6) is 0 Å². The lowest BCUT2D eigenvalue weighted by Crippen LogP contribution is -2.23. The monoisotopic (exact) mass is 360 g/mol. The van der Waals surface area contributed by atoms with Crippen LogP contribution < -0.4 is 5.32 Å². The summed E-state index contributed by atoms with van der Waals surface area (Å²) in [6, 6.07) is 4.70. The van der Waals surface area contributed by atoms with Crippen molar-refractivity contribution < 1.29 is 4.39 Å². The summed E-state index contributed by atoms with van der Waals surface area (Å²) >= 11 is 12.8. The predicted octanol–water partition coefficient (Wildman–Crippen LogP) is 4.38. The highest BCUT2D eigenvalue weighted by molar-refractivity contribution is 7.73. The lowest BCUT2D eigenvalue weighted by Gasteiger charge is -2.17. The van der Waals surface area contributed by atoms with Crippen LogP contribution in [0.15, 0.2) is 18.2 Å². The average molecular weight is 361 g/mol. The molecule has 4 nitrogen and oxygen atoms in total. The summed E-state index contributed by atoms with van der Waals surface area (Å²) in [5.74, 6) is -0.300. The quantitative estimate of drug-likeness (QED) is 0.743. The van der Waals surface area contributed by atoms with Crippen LogP contribution in [0.4, 0.5) is 9.52 Å². The number of halogens is 2. The second-order valence-corrected chi connectivity index (χ2v) is 6.99. The van der Waals surface area contributed by atoms with Gasteiger partial charge in [0.05, 0.1) is 6.67 Å². The Hall–Kier alpha value is -1.02. The third-order valence-electron chi connectivity index (χ3n) is 3.00. The van der Waals surface area contributed by atoms with Crippen LogP contribution in [0.3, 0.4) is 0 Å². The Kier molecular flexibility index (Phi) is 6.31. The van der Waals surface area contributed by atoms with Crippen LogP contribution >= 0.6 is 35.2 Å². The Morgan fingerprint density at radius 1 is 1.50 bits per heavy atom. The number of hydrogen-bond donors (Lipinski definition) is 1. The second kappa shape index (κ2) is 8.01. The van der Waals surface area contributed by atoms with Crippen molar-refractivity contribution in [2.24, 2.45) is 0 Å². The van der Waals surface area contributed by atoms with Gasteiger partial charge >= 0.3 is 0 Å². The Morgan fingerprint density at radius 3 is 2.95 bits per heavy atom. The number of anilines is 1. The van der Waals surface area contributed by atoms with E-state index < -0.39 is 0 Å². The summed E-state index contributed by atoms with van der Waals surface area (Å²) in [7, 11) is 1.88. The number of nitrogens with one attached hydrogen (secondary N) is 1. The van der Waals surface area contributed by atoms with E-state index in [4.69, 9.17) is 23.8 Å². The van der Waals surface area contributed by atoms with Crippen LogP contribution in [0.2, 0.25) is 5.02 Å². The number of aromatic nitrogens is 2. The van der Waals surface area contributed by atoms with Gasteiger partial charge in [0, 0.05) is 23.7 Å². The zero-order valence-electron chi connectivity index (χ0n) is 12.5. The topological polar surface area (TPSA) is 33.1 Å². The summed E-state index contributed by atoms with van der Waals surface area (Å²) in [5.41, 5.74) is 0.484. The Labute approximate surface area is 143 Å². The van der Waals surface area contributed by atoms with E-state index in [2.05, 4.69) is 17.3 Å². The van der Waals surface area contributed by atoms with Crippen molar-refractivity contribution in [3.63, 3.8) is 0 Å². The first-order valence-electron chi connectivity index (χ1n) is 6.94. The van der Waals surface area contributed by atoms with Gasteiger partial charge in [-0.15, -0.1) is 5.10 Å². The number of hydrogen-bond acceptors (Lipinski definition) is 5. The fraction of sp³-hybridized carbons (Fsp3) is 0.429. The third-order valence-corrected chi connectivity index (χ3v) is 4.62. The molecule has 0 atom stereocenters. The van der Waals surface area contributed by atoms with Gasteiger partial charge in [0.25, 0.3) is 0 Å². The van der Waals surface area contributed by atoms with Crippen LogP contribution in [0.1, 0.15) is 18.9 Å². The number of benzene rings is 1. The molecule has 0 unspecified atom stereocenters. The van der Waals surface area contributed by atoms with E-state index in [-0.39, 0.29) is 5.82 Å². The van der Waals surface area contributed by atoms with Gasteiger partial charge in [-0.05, 0) is 37.8 Å². The Morgan fingerprint density at radius 2 is 2.27 bits per heavy atom. The maximum Gasteiger partial charge on any atom is 0.204 e. The number of nitrogens with zero attached hydrogens (tertiary/aromatic N) is 3. The van der Waals surface area contributed by atoms with Crippen molar-refractivity contribution in [3.05, 3.63) is 38.6 Å². The summed E-state index contributed by atoms with van der Waals surface area (Å²) in [6.07, 6.45) is 1.03. The largest absolute Gasteiger partial charge is 0.360 e. The Balaban J connectivity index is 2.04. The normalized spacial score (nSPS) is 11.1. The van der Waals surface area contributed by atoms with E-state index in [1.807, 2.05) is 11.9 Å². The maximum absolute atomic E-state index is 13.8. The molecule has 0 aliphatic heterocycles. The first-order valence-corrected chi connectivity index (χ1v) is 8.54. The van der Waals surface area contributed by atoms with Crippen molar-refractivity contribution in [2.45, 2.75) is 26.6 Å². The van der Waals surface area contributed by atoms with E-state index in [0.29, 0.717) is 27.8 Å². The van der Waals surface area contributed by atoms with Crippen LogP contribution in [-0.4, -0.2) is 28.3 Å². The molecule has 1 N–H and O–H groups in total. The van der Waals surface area contributed by atoms with Crippen molar-refractivity contribution in [3.8, 4) is 0 Å². The minimum absolute atomic E-state index is 0.300. The van der Waals surface area contributed by atoms with Crippen molar-refractivity contribution in [2.75, 3.05) is 18.9 Å². The molecule has 2 rings (SSSR count). The highest BCUT2D eigenvalue weighted by Crippen LogP contribution is 2.21. The van der Waals surface area contributed by atoms with Crippen LogP contribution in [-0.2, 0) is 13.2 Å². The minimum atomic E-state index is -0.300. The lowest BCUT2D eigenvalue weighted by molar-refractivity contribution is 0.242. The van der Waals surface area contributed by atoms with Gasteiger partial charge in [0.15, 0.2) is 3.95 Å². The molecule has 0 aliphatic rings. The fourth-order valence-electron chi connectivity index (χ4n) is 1.93. The van der Waals surface area contributed by atoms with Crippen molar-refractivity contribution >= 4 is 40.3 Å². The molecule has 120 valence electrons. The fourth-order valence-corrected chi connectivity index (χ4v) is 3.17. The smallest absolute Gasteiger partial charge is 0.204 e. The molecule has 0 bridgehead atoms. The third kappa shape index (κ3) is 4.49.